The molecule has 0 saturated heterocycles. The number of carbonyl (C=O) groups is 1. The van der Waals surface area contributed by atoms with E-state index >= 15 is 0 Å². The summed E-state index contributed by atoms with van der Waals surface area (Å²) in [4.78, 5) is 12.7. The number of sulfonamides is 1. The predicted molar refractivity (Wildman–Crippen MR) is 64.3 cm³/mol. The van der Waals surface area contributed by atoms with Crippen molar-refractivity contribution in [3.63, 3.8) is 0 Å². The van der Waals surface area contributed by atoms with Gasteiger partial charge in [0.2, 0.25) is 15.9 Å². The lowest BCUT2D eigenvalue weighted by Crippen LogP contribution is -2.25. The van der Waals surface area contributed by atoms with Gasteiger partial charge in [-0.05, 0) is 19.3 Å². The van der Waals surface area contributed by atoms with Crippen LogP contribution in [-0.2, 0) is 14.8 Å². The first-order chi connectivity index (χ1) is 7.27. The van der Waals surface area contributed by atoms with Gasteiger partial charge in [0, 0.05) is 34.6 Å². The molecule has 0 N–H and O–H groups in total. The van der Waals surface area contributed by atoms with Gasteiger partial charge in [0.25, 0.3) is 0 Å². The third-order valence-electron chi connectivity index (χ3n) is 2.20. The molecule has 0 spiro atoms. The van der Waals surface area contributed by atoms with Gasteiger partial charge in [-0.25, -0.2) is 12.7 Å². The molecular formula is C10H21N2O3S. The van der Waals surface area contributed by atoms with Gasteiger partial charge in [0.05, 0.1) is 5.75 Å². The van der Waals surface area contributed by atoms with E-state index in [0.29, 0.717) is 19.3 Å². The molecule has 1 radical (unpaired) electrons. The van der Waals surface area contributed by atoms with E-state index in [-0.39, 0.29) is 11.7 Å². The van der Waals surface area contributed by atoms with Crippen LogP contribution < -0.4 is 0 Å². The fraction of sp³-hybridized carbons (Fsp3) is 0.800. The molecule has 0 fully saturated rings. The highest BCUT2D eigenvalue weighted by molar-refractivity contribution is 7.89. The van der Waals surface area contributed by atoms with Crippen LogP contribution in [0.4, 0.5) is 0 Å². The van der Waals surface area contributed by atoms with Crippen molar-refractivity contribution in [2.24, 2.45) is 0 Å². The van der Waals surface area contributed by atoms with Crippen molar-refractivity contribution >= 4 is 15.9 Å². The van der Waals surface area contributed by atoms with Gasteiger partial charge in [-0.3, -0.25) is 4.79 Å². The summed E-state index contributed by atoms with van der Waals surface area (Å²) in [5, 5.41) is 0. The Kier molecular flexibility index (Phi) is 6.59. The molecule has 0 atom stereocenters. The summed E-state index contributed by atoms with van der Waals surface area (Å²) in [6.45, 7) is 0. The van der Waals surface area contributed by atoms with Crippen molar-refractivity contribution in [1.29, 1.82) is 0 Å². The van der Waals surface area contributed by atoms with Crippen LogP contribution in [0, 0.1) is 6.42 Å². The Bertz CT molecular complexity index is 310. The van der Waals surface area contributed by atoms with Crippen molar-refractivity contribution in [3.05, 3.63) is 6.42 Å². The van der Waals surface area contributed by atoms with E-state index in [0.717, 1.165) is 0 Å². The smallest absolute Gasteiger partial charge is 0.222 e. The normalized spacial score (nSPS) is 11.8. The van der Waals surface area contributed by atoms with Crippen LogP contribution in [0.3, 0.4) is 0 Å². The molecule has 0 bridgehead atoms. The molecule has 0 unspecified atom stereocenters. The maximum absolute atomic E-state index is 11.4. The zero-order valence-corrected chi connectivity index (χ0v) is 11.2. The zero-order valence-electron chi connectivity index (χ0n) is 10.4. The summed E-state index contributed by atoms with van der Waals surface area (Å²) in [6.07, 6.45) is 3.40. The Hall–Kier alpha value is -0.620. The quantitative estimate of drug-likeness (QED) is 0.611. The van der Waals surface area contributed by atoms with E-state index in [4.69, 9.17) is 0 Å². The molecule has 16 heavy (non-hydrogen) atoms. The molecule has 0 aromatic rings. The first-order valence-electron chi connectivity index (χ1n) is 5.19. The van der Waals surface area contributed by atoms with Gasteiger partial charge in [-0.1, -0.05) is 0 Å². The number of rotatable bonds is 7. The lowest BCUT2D eigenvalue weighted by atomic mass is 10.2. The standard InChI is InChI=1S/C10H21N2O3S/c1-11(2)10(13)8-6-5-7-9-16(14,15)12(3)4/h5H,6-9H2,1-4H3. The second kappa shape index (κ2) is 6.85. The Labute approximate surface area is 98.5 Å². The lowest BCUT2D eigenvalue weighted by molar-refractivity contribution is -0.128. The van der Waals surface area contributed by atoms with Crippen LogP contribution in [0.2, 0.25) is 0 Å². The monoisotopic (exact) mass is 249 g/mol. The molecule has 0 rings (SSSR count). The summed E-state index contributed by atoms with van der Waals surface area (Å²) >= 11 is 0. The molecule has 0 aromatic heterocycles. The summed E-state index contributed by atoms with van der Waals surface area (Å²) in [6, 6.07) is 0. The minimum absolute atomic E-state index is 0.0618. The third-order valence-corrected chi connectivity index (χ3v) is 4.06. The van der Waals surface area contributed by atoms with E-state index in [9.17, 15) is 13.2 Å². The van der Waals surface area contributed by atoms with Crippen molar-refractivity contribution in [3.8, 4) is 0 Å². The van der Waals surface area contributed by atoms with Gasteiger partial charge in [0.15, 0.2) is 0 Å². The van der Waals surface area contributed by atoms with Crippen LogP contribution >= 0.6 is 0 Å². The van der Waals surface area contributed by atoms with E-state index in [1.165, 1.54) is 23.3 Å². The third kappa shape index (κ3) is 6.07. The van der Waals surface area contributed by atoms with Crippen LogP contribution in [-0.4, -0.2) is 57.5 Å². The van der Waals surface area contributed by atoms with Crippen molar-refractivity contribution in [2.75, 3.05) is 33.9 Å². The van der Waals surface area contributed by atoms with Crippen LogP contribution in [0.15, 0.2) is 0 Å². The number of nitrogens with zero attached hydrogens (tertiary/aromatic N) is 2. The van der Waals surface area contributed by atoms with Gasteiger partial charge >= 0.3 is 0 Å². The molecule has 0 heterocycles. The summed E-state index contributed by atoms with van der Waals surface area (Å²) in [7, 11) is 3.34. The van der Waals surface area contributed by atoms with Crippen molar-refractivity contribution in [2.45, 2.75) is 19.3 Å². The predicted octanol–water partition coefficient (Wildman–Crippen LogP) is 0.341. The Morgan fingerprint density at radius 3 is 2.12 bits per heavy atom. The summed E-state index contributed by atoms with van der Waals surface area (Å²) in [5.74, 6) is 0.169. The molecule has 0 saturated carbocycles. The molecule has 0 aromatic carbocycles. The SMILES string of the molecule is CN(C)C(=O)CC[CH]CCS(=O)(=O)N(C)C. The van der Waals surface area contributed by atoms with Gasteiger partial charge in [-0.15, -0.1) is 0 Å². The average molecular weight is 249 g/mol. The Morgan fingerprint density at radius 2 is 1.69 bits per heavy atom. The lowest BCUT2D eigenvalue weighted by Gasteiger charge is -2.11. The maximum Gasteiger partial charge on any atom is 0.222 e. The molecule has 0 aliphatic carbocycles. The van der Waals surface area contributed by atoms with Crippen LogP contribution in [0.1, 0.15) is 19.3 Å². The first-order valence-corrected chi connectivity index (χ1v) is 6.80. The first kappa shape index (κ1) is 15.4. The van der Waals surface area contributed by atoms with Crippen molar-refractivity contribution in [1.82, 2.24) is 9.21 Å². The maximum atomic E-state index is 11.4. The largest absolute Gasteiger partial charge is 0.349 e. The highest BCUT2D eigenvalue weighted by atomic mass is 32.2. The average Bonchev–Trinajstić information content (AvgIpc) is 2.16. The molecule has 95 valence electrons. The molecule has 5 nitrogen and oxygen atoms in total. The minimum Gasteiger partial charge on any atom is -0.349 e. The topological polar surface area (TPSA) is 57.7 Å². The molecule has 0 aliphatic heterocycles. The summed E-state index contributed by atoms with van der Waals surface area (Å²) in [5.41, 5.74) is 0. The van der Waals surface area contributed by atoms with E-state index < -0.39 is 10.0 Å². The Balaban J connectivity index is 3.67. The zero-order chi connectivity index (χ0) is 12.8. The second-order valence-corrected chi connectivity index (χ2v) is 6.30. The van der Waals surface area contributed by atoms with E-state index in [2.05, 4.69) is 0 Å². The highest BCUT2D eigenvalue weighted by Gasteiger charge is 2.12. The highest BCUT2D eigenvalue weighted by Crippen LogP contribution is 2.04. The number of amides is 1. The van der Waals surface area contributed by atoms with Gasteiger partial charge in [-0.2, -0.15) is 0 Å². The number of carbonyl (C=O) groups excluding carboxylic acids is 1. The van der Waals surface area contributed by atoms with Crippen LogP contribution in [0.25, 0.3) is 0 Å². The fourth-order valence-electron chi connectivity index (χ4n) is 1.01. The Morgan fingerprint density at radius 1 is 1.12 bits per heavy atom. The van der Waals surface area contributed by atoms with Gasteiger partial charge < -0.3 is 4.90 Å². The van der Waals surface area contributed by atoms with E-state index in [1.54, 1.807) is 14.1 Å². The molecule has 6 heteroatoms. The minimum atomic E-state index is -3.11. The van der Waals surface area contributed by atoms with Crippen LogP contribution in [0.5, 0.6) is 0 Å². The van der Waals surface area contributed by atoms with E-state index in [1.807, 2.05) is 6.42 Å². The molecule has 1 amide bonds. The molecule has 0 aliphatic rings. The van der Waals surface area contributed by atoms with Gasteiger partial charge in [0.1, 0.15) is 0 Å². The number of unbranched alkanes of at least 4 members (excludes halogenated alkanes) is 2. The molecular weight excluding hydrogens is 228 g/mol. The number of hydrogen-bond acceptors (Lipinski definition) is 3. The van der Waals surface area contributed by atoms with Crippen molar-refractivity contribution < 1.29 is 13.2 Å². The number of hydrogen-bond donors (Lipinski definition) is 0. The fourth-order valence-corrected chi connectivity index (χ4v) is 1.84. The second-order valence-electron chi connectivity index (χ2n) is 4.00. The summed E-state index contributed by atoms with van der Waals surface area (Å²) < 4.78 is 23.9.